The lowest BCUT2D eigenvalue weighted by Crippen LogP contribution is -2.11. The van der Waals surface area contributed by atoms with Crippen LogP contribution in [0.15, 0.2) is 79.5 Å². The van der Waals surface area contributed by atoms with Crippen LogP contribution in [0.25, 0.3) is 22.6 Å². The van der Waals surface area contributed by atoms with Crippen LogP contribution in [-0.4, -0.2) is 35.7 Å². The van der Waals surface area contributed by atoms with Gasteiger partial charge in [-0.15, -0.1) is 5.10 Å². The molecule has 0 bridgehead atoms. The minimum absolute atomic E-state index is 0.127. The molecule has 0 saturated carbocycles. The number of ketones is 1. The number of rotatable bonds is 6. The molecule has 5 aromatic rings. The number of benzene rings is 2. The maximum atomic E-state index is 13.8. The number of halogens is 5. The first-order valence-corrected chi connectivity index (χ1v) is 11.4. The summed E-state index contributed by atoms with van der Waals surface area (Å²) in [6.45, 7) is -0.193. The van der Waals surface area contributed by atoms with Crippen LogP contribution >= 0.6 is 11.6 Å². The van der Waals surface area contributed by atoms with Crippen LogP contribution in [0.2, 0.25) is 5.02 Å². The Morgan fingerprint density at radius 2 is 1.68 bits per heavy atom. The topological polar surface area (TPSA) is 86.5 Å². The van der Waals surface area contributed by atoms with Crippen molar-refractivity contribution >= 4 is 17.4 Å². The van der Waals surface area contributed by atoms with Crippen molar-refractivity contribution in [3.63, 3.8) is 0 Å². The molecule has 0 aliphatic heterocycles. The molecule has 0 aliphatic carbocycles. The van der Waals surface area contributed by atoms with E-state index in [1.54, 1.807) is 36.4 Å². The zero-order chi connectivity index (χ0) is 26.9. The molecule has 5 rings (SSSR count). The minimum atomic E-state index is -4.87. The number of hydrogen-bond donors (Lipinski definition) is 0. The van der Waals surface area contributed by atoms with E-state index in [9.17, 15) is 22.4 Å². The Morgan fingerprint density at radius 3 is 2.42 bits per heavy atom. The molecule has 0 aliphatic rings. The van der Waals surface area contributed by atoms with Crippen molar-refractivity contribution in [3.05, 3.63) is 113 Å². The van der Waals surface area contributed by atoms with Crippen molar-refractivity contribution in [1.29, 1.82) is 0 Å². The normalized spacial score (nSPS) is 11.5. The Bertz CT molecular complexity index is 1640. The summed E-state index contributed by atoms with van der Waals surface area (Å²) in [5.41, 5.74) is 0.256. The number of carbonyl (C=O) groups excluding carboxylic acids is 1. The van der Waals surface area contributed by atoms with Crippen molar-refractivity contribution in [2.75, 3.05) is 0 Å². The largest absolute Gasteiger partial charge is 0.419 e. The molecule has 3 aromatic heterocycles. The summed E-state index contributed by atoms with van der Waals surface area (Å²) >= 11 is 6.25. The van der Waals surface area contributed by atoms with E-state index < -0.39 is 23.3 Å². The first-order valence-electron chi connectivity index (χ1n) is 11.0. The molecule has 38 heavy (non-hydrogen) atoms. The highest BCUT2D eigenvalue weighted by atomic mass is 35.5. The van der Waals surface area contributed by atoms with Gasteiger partial charge in [-0.2, -0.15) is 13.2 Å². The van der Waals surface area contributed by atoms with Crippen LogP contribution in [0.5, 0.6) is 0 Å². The summed E-state index contributed by atoms with van der Waals surface area (Å²) in [7, 11) is 0. The van der Waals surface area contributed by atoms with E-state index >= 15 is 0 Å². The molecule has 12 heteroatoms. The van der Waals surface area contributed by atoms with E-state index in [1.807, 2.05) is 0 Å². The molecule has 2 aromatic carbocycles. The number of nitrogens with zero attached hydrogens (tertiary/aromatic N) is 6. The second-order valence-electron chi connectivity index (χ2n) is 8.09. The van der Waals surface area contributed by atoms with Gasteiger partial charge in [0.15, 0.2) is 5.78 Å². The van der Waals surface area contributed by atoms with Gasteiger partial charge in [0.05, 0.1) is 22.7 Å². The number of hydrogen-bond acceptors (Lipinski definition) is 6. The Labute approximate surface area is 217 Å². The molecule has 0 N–H and O–H groups in total. The van der Waals surface area contributed by atoms with Gasteiger partial charge in [-0.25, -0.2) is 19.0 Å². The molecule has 0 radical (unpaired) electrons. The van der Waals surface area contributed by atoms with E-state index in [4.69, 9.17) is 11.6 Å². The predicted octanol–water partition coefficient (Wildman–Crippen LogP) is 5.89. The van der Waals surface area contributed by atoms with Gasteiger partial charge in [0.1, 0.15) is 29.2 Å². The van der Waals surface area contributed by atoms with E-state index in [1.165, 1.54) is 35.7 Å². The molecule has 0 spiro atoms. The zero-order valence-corrected chi connectivity index (χ0v) is 19.9. The lowest BCUT2D eigenvalue weighted by atomic mass is 9.99. The van der Waals surface area contributed by atoms with E-state index in [0.717, 1.165) is 12.1 Å². The molecule has 190 valence electrons. The van der Waals surface area contributed by atoms with Gasteiger partial charge < -0.3 is 0 Å². The van der Waals surface area contributed by atoms with Gasteiger partial charge in [-0.1, -0.05) is 35.0 Å². The highest BCUT2D eigenvalue weighted by molar-refractivity contribution is 6.35. The van der Waals surface area contributed by atoms with Crippen molar-refractivity contribution < 1.29 is 22.4 Å². The molecular formula is C26H15ClF4N6O. The summed E-state index contributed by atoms with van der Waals surface area (Å²) < 4.78 is 55.0. The standard InChI is InChI=1S/C26H15ClF4N6O/c27-20-6-2-1-4-17(20)25(38)18-5-3-9-34-22(18)23-24(16-11-32-14-33-12-16)37(36-35-23)13-15-7-8-21(28)19(10-15)26(29,30)31/h1-12,14H,13H2. The fourth-order valence-corrected chi connectivity index (χ4v) is 4.14. The Morgan fingerprint density at radius 1 is 0.947 bits per heavy atom. The smallest absolute Gasteiger partial charge is 0.288 e. The maximum absolute atomic E-state index is 13.8. The molecule has 0 saturated heterocycles. The molecule has 0 fully saturated rings. The van der Waals surface area contributed by atoms with Crippen LogP contribution in [0.1, 0.15) is 27.0 Å². The molecule has 3 heterocycles. The summed E-state index contributed by atoms with van der Waals surface area (Å²) in [5, 5.41) is 8.60. The highest BCUT2D eigenvalue weighted by Crippen LogP contribution is 2.34. The fourth-order valence-electron chi connectivity index (χ4n) is 3.92. The average molecular weight is 539 g/mol. The summed E-state index contributed by atoms with van der Waals surface area (Å²) in [6, 6.07) is 12.4. The third-order valence-corrected chi connectivity index (χ3v) is 5.96. The van der Waals surface area contributed by atoms with Crippen molar-refractivity contribution in [3.8, 4) is 22.6 Å². The second kappa shape index (κ2) is 10.1. The summed E-state index contributed by atoms with van der Waals surface area (Å²) in [5.74, 6) is -1.79. The zero-order valence-electron chi connectivity index (χ0n) is 19.2. The summed E-state index contributed by atoms with van der Waals surface area (Å²) in [4.78, 5) is 25.8. The third kappa shape index (κ3) is 4.88. The predicted molar refractivity (Wildman–Crippen MR) is 130 cm³/mol. The number of carbonyl (C=O) groups is 1. The quantitative estimate of drug-likeness (QED) is 0.198. The minimum Gasteiger partial charge on any atom is -0.288 e. The number of alkyl halides is 3. The fraction of sp³-hybridized carbons (Fsp3) is 0.0769. The van der Waals surface area contributed by atoms with Crippen LogP contribution in [0, 0.1) is 5.82 Å². The third-order valence-electron chi connectivity index (χ3n) is 5.63. The van der Waals surface area contributed by atoms with Gasteiger partial charge in [0.25, 0.3) is 0 Å². The van der Waals surface area contributed by atoms with Crippen LogP contribution in [-0.2, 0) is 12.7 Å². The lowest BCUT2D eigenvalue weighted by Gasteiger charge is -2.12. The molecule has 0 unspecified atom stereocenters. The monoisotopic (exact) mass is 538 g/mol. The van der Waals surface area contributed by atoms with E-state index in [-0.39, 0.29) is 39.6 Å². The SMILES string of the molecule is O=C(c1ccccc1Cl)c1cccnc1-c1nnn(Cc2ccc(F)c(C(F)(F)F)c2)c1-c1cncnc1. The van der Waals surface area contributed by atoms with Crippen molar-refractivity contribution in [2.24, 2.45) is 0 Å². The summed E-state index contributed by atoms with van der Waals surface area (Å²) in [6.07, 6.45) is 0.844. The van der Waals surface area contributed by atoms with Crippen LogP contribution in [0.4, 0.5) is 17.6 Å². The number of pyridine rings is 1. The Kier molecular flexibility index (Phi) is 6.68. The van der Waals surface area contributed by atoms with Crippen LogP contribution < -0.4 is 0 Å². The van der Waals surface area contributed by atoms with E-state index in [0.29, 0.717) is 11.3 Å². The Balaban J connectivity index is 1.65. The molecule has 0 atom stereocenters. The van der Waals surface area contributed by atoms with Gasteiger partial charge >= 0.3 is 6.18 Å². The molecular weight excluding hydrogens is 524 g/mol. The van der Waals surface area contributed by atoms with Crippen molar-refractivity contribution in [2.45, 2.75) is 12.7 Å². The van der Waals surface area contributed by atoms with Gasteiger partial charge in [-0.3, -0.25) is 9.78 Å². The second-order valence-corrected chi connectivity index (χ2v) is 8.50. The Hall–Kier alpha value is -4.51. The van der Waals surface area contributed by atoms with Crippen molar-refractivity contribution in [1.82, 2.24) is 29.9 Å². The van der Waals surface area contributed by atoms with Gasteiger partial charge in [0, 0.05) is 29.7 Å². The average Bonchev–Trinajstić information content (AvgIpc) is 3.33. The highest BCUT2D eigenvalue weighted by Gasteiger charge is 2.34. The van der Waals surface area contributed by atoms with Crippen LogP contribution in [0.3, 0.4) is 0 Å². The lowest BCUT2D eigenvalue weighted by molar-refractivity contribution is -0.140. The first-order chi connectivity index (χ1) is 18.2. The number of aromatic nitrogens is 6. The van der Waals surface area contributed by atoms with E-state index in [2.05, 4.69) is 25.3 Å². The maximum Gasteiger partial charge on any atom is 0.419 e. The molecule has 7 nitrogen and oxygen atoms in total. The van der Waals surface area contributed by atoms with Gasteiger partial charge in [0.2, 0.25) is 0 Å². The molecule has 0 amide bonds. The van der Waals surface area contributed by atoms with Gasteiger partial charge in [-0.05, 0) is 42.0 Å². The first kappa shape index (κ1) is 25.2.